The molecule has 0 saturated carbocycles. The normalized spacial score (nSPS) is 14.5. The largest absolute Gasteiger partial charge is 0.493 e. The fraction of sp³-hybridized carbons (Fsp3) is 0.321. The number of nitrogens with one attached hydrogen (secondary N) is 1. The van der Waals surface area contributed by atoms with Crippen LogP contribution in [0.2, 0.25) is 0 Å². The van der Waals surface area contributed by atoms with Crippen molar-refractivity contribution >= 4 is 22.3 Å². The first-order valence-electron chi connectivity index (χ1n) is 13.3. The molecule has 40 heavy (non-hydrogen) atoms. The second-order valence-corrected chi connectivity index (χ2v) is 11.4. The lowest BCUT2D eigenvalue weighted by molar-refractivity contribution is 0.247. The van der Waals surface area contributed by atoms with Crippen molar-refractivity contribution in [1.82, 2.24) is 39.2 Å². The number of nitrogens with zero attached hydrogens (tertiary/aromatic N) is 8. The van der Waals surface area contributed by atoms with Gasteiger partial charge in [0, 0.05) is 79.4 Å². The highest BCUT2D eigenvalue weighted by molar-refractivity contribution is 7.85. The number of rotatable bonds is 10. The topological polar surface area (TPSA) is 115 Å². The standard InChI is InChI=1S/C28H31N9O2S/c1-35-33-18-25(34-35)22-5-3-21(4-6-22)17-29-27-16-24(31-20-32-27)26-19-30-28-15-23(7-9-37(26)28)39-12-2-8-36-10-13-40(38)14-11-36/h3-7,9,15-16,18-20H,2,8,10-14,17H2,1H3,(H,29,31,32). The molecule has 1 N–H and O–H groups in total. The summed E-state index contributed by atoms with van der Waals surface area (Å²) < 4.78 is 19.5. The molecule has 1 saturated heterocycles. The Bertz CT molecular complexity index is 1610. The Morgan fingerprint density at radius 3 is 2.65 bits per heavy atom. The summed E-state index contributed by atoms with van der Waals surface area (Å²) in [4.78, 5) is 17.4. The summed E-state index contributed by atoms with van der Waals surface area (Å²) in [6.45, 7) is 4.04. The van der Waals surface area contributed by atoms with Gasteiger partial charge in [-0.05, 0) is 18.1 Å². The number of imidazole rings is 1. The molecule has 0 spiro atoms. The van der Waals surface area contributed by atoms with Crippen LogP contribution in [0.4, 0.5) is 5.82 Å². The molecule has 0 amide bonds. The van der Waals surface area contributed by atoms with Crippen LogP contribution < -0.4 is 10.1 Å². The molecule has 1 aliphatic heterocycles. The summed E-state index contributed by atoms with van der Waals surface area (Å²) in [5.74, 6) is 3.09. The SMILES string of the molecule is Cn1ncc(-c2ccc(CNc3cc(-c4cnc5cc(OCCCN6CCS(=O)CC6)ccn45)ncn3)cc2)n1. The van der Waals surface area contributed by atoms with Crippen LogP contribution in [-0.2, 0) is 24.4 Å². The maximum absolute atomic E-state index is 11.5. The summed E-state index contributed by atoms with van der Waals surface area (Å²) in [7, 11) is 1.17. The molecule has 1 aliphatic rings. The lowest BCUT2D eigenvalue weighted by Crippen LogP contribution is -2.38. The summed E-state index contributed by atoms with van der Waals surface area (Å²) in [5, 5.41) is 11.9. The average Bonchev–Trinajstić information content (AvgIpc) is 3.62. The number of pyridine rings is 1. The molecular weight excluding hydrogens is 526 g/mol. The van der Waals surface area contributed by atoms with Gasteiger partial charge in [0.15, 0.2) is 0 Å². The van der Waals surface area contributed by atoms with Gasteiger partial charge in [-0.15, -0.1) is 0 Å². The highest BCUT2D eigenvalue weighted by Crippen LogP contribution is 2.24. The second kappa shape index (κ2) is 11.9. The lowest BCUT2D eigenvalue weighted by Gasteiger charge is -2.25. The fourth-order valence-electron chi connectivity index (χ4n) is 4.68. The van der Waals surface area contributed by atoms with Crippen molar-refractivity contribution in [2.24, 2.45) is 7.05 Å². The number of hydrogen-bond donors (Lipinski definition) is 1. The van der Waals surface area contributed by atoms with Crippen LogP contribution in [0.3, 0.4) is 0 Å². The van der Waals surface area contributed by atoms with Gasteiger partial charge in [-0.1, -0.05) is 24.3 Å². The maximum atomic E-state index is 11.5. The monoisotopic (exact) mass is 557 g/mol. The summed E-state index contributed by atoms with van der Waals surface area (Å²) in [6.07, 6.45) is 8.02. The zero-order chi connectivity index (χ0) is 27.3. The molecule has 0 radical (unpaired) electrons. The molecule has 11 nitrogen and oxygen atoms in total. The number of aryl methyl sites for hydroxylation is 1. The van der Waals surface area contributed by atoms with Crippen LogP contribution in [0.5, 0.6) is 5.75 Å². The first kappa shape index (κ1) is 26.1. The van der Waals surface area contributed by atoms with Gasteiger partial charge in [0.1, 0.15) is 29.2 Å². The van der Waals surface area contributed by atoms with Gasteiger partial charge in [-0.25, -0.2) is 15.0 Å². The van der Waals surface area contributed by atoms with Gasteiger partial charge in [0.25, 0.3) is 0 Å². The highest BCUT2D eigenvalue weighted by Gasteiger charge is 2.14. The molecule has 1 fully saturated rings. The third kappa shape index (κ3) is 6.18. The van der Waals surface area contributed by atoms with Crippen molar-refractivity contribution in [1.29, 1.82) is 0 Å². The molecule has 12 heteroatoms. The average molecular weight is 558 g/mol. The van der Waals surface area contributed by atoms with E-state index in [1.165, 1.54) is 0 Å². The molecule has 5 heterocycles. The number of ether oxygens (including phenoxy) is 1. The first-order chi connectivity index (χ1) is 19.6. The second-order valence-electron chi connectivity index (χ2n) is 9.68. The number of benzene rings is 1. The Hall–Kier alpha value is -4.16. The Morgan fingerprint density at radius 1 is 1.00 bits per heavy atom. The molecule has 4 aromatic heterocycles. The fourth-order valence-corrected chi connectivity index (χ4v) is 5.80. The van der Waals surface area contributed by atoms with Crippen molar-refractivity contribution in [2.75, 3.05) is 43.1 Å². The Labute approximate surface area is 234 Å². The maximum Gasteiger partial charge on any atom is 0.140 e. The van der Waals surface area contributed by atoms with E-state index in [2.05, 4.69) is 47.5 Å². The van der Waals surface area contributed by atoms with E-state index in [9.17, 15) is 4.21 Å². The van der Waals surface area contributed by atoms with E-state index in [1.807, 2.05) is 54.2 Å². The number of fused-ring (bicyclic) bond motifs is 1. The van der Waals surface area contributed by atoms with Crippen LogP contribution in [0.1, 0.15) is 12.0 Å². The number of hydrogen-bond acceptors (Lipinski definition) is 9. The van der Waals surface area contributed by atoms with Crippen LogP contribution in [0.25, 0.3) is 28.3 Å². The molecule has 0 bridgehead atoms. The lowest BCUT2D eigenvalue weighted by atomic mass is 10.1. The van der Waals surface area contributed by atoms with Crippen molar-refractivity contribution in [3.8, 4) is 28.4 Å². The Kier molecular flexibility index (Phi) is 7.78. The third-order valence-corrected chi connectivity index (χ3v) is 8.17. The minimum absolute atomic E-state index is 0.627. The smallest absolute Gasteiger partial charge is 0.140 e. The van der Waals surface area contributed by atoms with Crippen LogP contribution in [0, 0.1) is 0 Å². The summed E-state index contributed by atoms with van der Waals surface area (Å²) in [5.41, 5.74) is 5.45. The van der Waals surface area contributed by atoms with E-state index >= 15 is 0 Å². The Morgan fingerprint density at radius 2 is 1.85 bits per heavy atom. The van der Waals surface area contributed by atoms with E-state index in [-0.39, 0.29) is 0 Å². The molecular formula is C28H31N9O2S. The van der Waals surface area contributed by atoms with Crippen molar-refractivity contribution < 1.29 is 8.95 Å². The molecule has 206 valence electrons. The minimum atomic E-state index is -0.638. The molecule has 0 atom stereocenters. The summed E-state index contributed by atoms with van der Waals surface area (Å²) in [6, 6.07) is 14.0. The van der Waals surface area contributed by atoms with Crippen LogP contribution in [-0.4, -0.2) is 81.2 Å². The zero-order valence-corrected chi connectivity index (χ0v) is 23.1. The third-order valence-electron chi connectivity index (χ3n) is 6.89. The number of aromatic nitrogens is 7. The first-order valence-corrected chi connectivity index (χ1v) is 14.8. The van der Waals surface area contributed by atoms with E-state index in [0.717, 1.165) is 83.0 Å². The Balaban J connectivity index is 1.05. The molecule has 1 aromatic carbocycles. The quantitative estimate of drug-likeness (QED) is 0.259. The molecule has 6 rings (SSSR count). The van der Waals surface area contributed by atoms with Gasteiger partial charge >= 0.3 is 0 Å². The molecule has 0 unspecified atom stereocenters. The van der Waals surface area contributed by atoms with Gasteiger partial charge in [0.05, 0.1) is 30.4 Å². The minimum Gasteiger partial charge on any atom is -0.493 e. The van der Waals surface area contributed by atoms with Gasteiger partial charge in [-0.2, -0.15) is 15.0 Å². The van der Waals surface area contributed by atoms with Crippen molar-refractivity contribution in [3.05, 3.63) is 72.9 Å². The van der Waals surface area contributed by atoms with E-state index in [4.69, 9.17) is 4.74 Å². The van der Waals surface area contributed by atoms with E-state index in [0.29, 0.717) is 13.2 Å². The molecule has 0 aliphatic carbocycles. The predicted octanol–water partition coefficient (Wildman–Crippen LogP) is 3.03. The van der Waals surface area contributed by atoms with Gasteiger partial charge in [-0.3, -0.25) is 8.61 Å². The predicted molar refractivity (Wildman–Crippen MR) is 154 cm³/mol. The van der Waals surface area contributed by atoms with Crippen molar-refractivity contribution in [3.63, 3.8) is 0 Å². The zero-order valence-electron chi connectivity index (χ0n) is 22.3. The summed E-state index contributed by atoms with van der Waals surface area (Å²) >= 11 is 0. The van der Waals surface area contributed by atoms with Gasteiger partial charge < -0.3 is 15.0 Å². The highest BCUT2D eigenvalue weighted by atomic mass is 32.2. The van der Waals surface area contributed by atoms with Gasteiger partial charge in [0.2, 0.25) is 0 Å². The van der Waals surface area contributed by atoms with E-state index < -0.39 is 10.8 Å². The van der Waals surface area contributed by atoms with Crippen LogP contribution in [0.15, 0.2) is 67.4 Å². The number of anilines is 1. The van der Waals surface area contributed by atoms with E-state index in [1.54, 1.807) is 17.3 Å². The van der Waals surface area contributed by atoms with Crippen LogP contribution >= 0.6 is 0 Å². The van der Waals surface area contributed by atoms with Crippen molar-refractivity contribution in [2.45, 2.75) is 13.0 Å². The molecule has 5 aromatic rings.